The van der Waals surface area contributed by atoms with Gasteiger partial charge in [0.05, 0.1) is 24.3 Å². The molecule has 1 aliphatic rings. The third-order valence-electron chi connectivity index (χ3n) is 4.20. The Kier molecular flexibility index (Phi) is 6.20. The maximum atomic E-state index is 12.2. The van der Waals surface area contributed by atoms with Crippen LogP contribution in [0.2, 0.25) is 0 Å². The van der Waals surface area contributed by atoms with Crippen LogP contribution in [0.15, 0.2) is 54.6 Å². The maximum Gasteiger partial charge on any atom is 0.305 e. The second kappa shape index (κ2) is 8.98. The lowest BCUT2D eigenvalue weighted by Gasteiger charge is -2.13. The number of hydrogen-bond acceptors (Lipinski definition) is 5. The van der Waals surface area contributed by atoms with Crippen molar-refractivity contribution in [3.63, 3.8) is 0 Å². The maximum absolute atomic E-state index is 12.2. The normalized spacial score (nSPS) is 12.8. The van der Waals surface area contributed by atoms with E-state index < -0.39 is 0 Å². The van der Waals surface area contributed by atoms with Crippen molar-refractivity contribution < 1.29 is 23.9 Å². The summed E-state index contributed by atoms with van der Waals surface area (Å²) in [6, 6.07) is 16.2. The van der Waals surface area contributed by atoms with E-state index >= 15 is 0 Å². The third kappa shape index (κ3) is 4.73. The first kappa shape index (κ1) is 18.6. The Hall–Kier alpha value is -3.15. The van der Waals surface area contributed by atoms with Crippen LogP contribution in [0, 0.1) is 0 Å². The monoisotopic (exact) mass is 367 g/mol. The molecule has 2 aromatic carbocycles. The lowest BCUT2D eigenvalue weighted by molar-refractivity contribution is -0.144. The number of hydrogen-bond donors (Lipinski definition) is 0. The van der Waals surface area contributed by atoms with E-state index in [1.165, 1.54) is 4.90 Å². The zero-order chi connectivity index (χ0) is 19.1. The van der Waals surface area contributed by atoms with Crippen molar-refractivity contribution in [1.29, 1.82) is 0 Å². The average molecular weight is 367 g/mol. The molecule has 6 nitrogen and oxygen atoms in total. The molecule has 2 amide bonds. The van der Waals surface area contributed by atoms with Gasteiger partial charge in [-0.15, -0.1) is 0 Å². The summed E-state index contributed by atoms with van der Waals surface area (Å²) in [5.41, 5.74) is 0.857. The quantitative estimate of drug-likeness (QED) is 0.387. The van der Waals surface area contributed by atoms with E-state index in [2.05, 4.69) is 0 Å². The summed E-state index contributed by atoms with van der Waals surface area (Å²) in [4.78, 5) is 37.4. The largest absolute Gasteiger partial charge is 0.494 e. The molecule has 0 saturated heterocycles. The van der Waals surface area contributed by atoms with Crippen molar-refractivity contribution in [2.24, 2.45) is 0 Å². The summed E-state index contributed by atoms with van der Waals surface area (Å²) >= 11 is 0. The molecule has 0 spiro atoms. The van der Waals surface area contributed by atoms with Crippen LogP contribution in [0.5, 0.6) is 5.75 Å². The van der Waals surface area contributed by atoms with Gasteiger partial charge in [0.25, 0.3) is 11.8 Å². The molecule has 0 fully saturated rings. The molecule has 27 heavy (non-hydrogen) atoms. The molecule has 0 N–H and O–H groups in total. The molecule has 2 aromatic rings. The van der Waals surface area contributed by atoms with Crippen molar-refractivity contribution in [2.45, 2.75) is 19.3 Å². The van der Waals surface area contributed by atoms with Gasteiger partial charge in [-0.25, -0.2) is 0 Å². The van der Waals surface area contributed by atoms with Gasteiger partial charge in [0.2, 0.25) is 0 Å². The van der Waals surface area contributed by atoms with Gasteiger partial charge in [-0.05, 0) is 37.1 Å². The van der Waals surface area contributed by atoms with Gasteiger partial charge in [0.1, 0.15) is 5.75 Å². The number of esters is 1. The van der Waals surface area contributed by atoms with Gasteiger partial charge < -0.3 is 9.47 Å². The molecule has 0 saturated carbocycles. The predicted octanol–water partition coefficient (Wildman–Crippen LogP) is 3.08. The lowest BCUT2D eigenvalue weighted by Crippen LogP contribution is -2.31. The van der Waals surface area contributed by atoms with Crippen molar-refractivity contribution in [3.8, 4) is 5.75 Å². The van der Waals surface area contributed by atoms with Crippen LogP contribution in [-0.4, -0.2) is 42.4 Å². The number of amides is 2. The third-order valence-corrected chi connectivity index (χ3v) is 4.20. The molecule has 1 aliphatic heterocycles. The fraction of sp³-hybridized carbons (Fsp3) is 0.286. The number of benzene rings is 2. The number of nitrogens with zero attached hydrogens (tertiary/aromatic N) is 1. The van der Waals surface area contributed by atoms with Gasteiger partial charge in [0, 0.05) is 13.0 Å². The van der Waals surface area contributed by atoms with Gasteiger partial charge in [-0.1, -0.05) is 30.3 Å². The Morgan fingerprint density at radius 1 is 0.815 bits per heavy atom. The first-order valence-electron chi connectivity index (χ1n) is 8.95. The molecule has 1 heterocycles. The van der Waals surface area contributed by atoms with Crippen molar-refractivity contribution >= 4 is 17.8 Å². The molecule has 0 atom stereocenters. The summed E-state index contributed by atoms with van der Waals surface area (Å²) in [7, 11) is 0. The minimum atomic E-state index is -0.311. The van der Waals surface area contributed by atoms with Crippen molar-refractivity contribution in [3.05, 3.63) is 65.7 Å². The smallest absolute Gasteiger partial charge is 0.305 e. The number of rotatable bonds is 9. The number of fused-ring (bicyclic) bond motifs is 1. The highest BCUT2D eigenvalue weighted by Crippen LogP contribution is 2.22. The van der Waals surface area contributed by atoms with Gasteiger partial charge in [-0.3, -0.25) is 19.3 Å². The van der Waals surface area contributed by atoms with Gasteiger partial charge in [-0.2, -0.15) is 0 Å². The summed E-state index contributed by atoms with van der Waals surface area (Å²) in [5.74, 6) is -0.124. The Balaban J connectivity index is 1.31. The molecule has 3 rings (SSSR count). The highest BCUT2D eigenvalue weighted by Gasteiger charge is 2.34. The second-order valence-electron chi connectivity index (χ2n) is 6.15. The molecule has 140 valence electrons. The summed E-state index contributed by atoms with van der Waals surface area (Å²) in [6.07, 6.45) is 1.24. The molecular formula is C21H21NO5. The summed E-state index contributed by atoms with van der Waals surface area (Å²) in [5, 5.41) is 0. The van der Waals surface area contributed by atoms with Crippen LogP contribution >= 0.6 is 0 Å². The molecule has 0 aliphatic carbocycles. The number of ether oxygens (including phenoxy) is 2. The summed E-state index contributed by atoms with van der Waals surface area (Å²) in [6.45, 7) is 0.844. The standard InChI is InChI=1S/C21H21NO5/c23-19(12-6-14-26-16-8-2-1-3-9-16)27-15-7-13-22-20(24)17-10-4-5-11-18(17)21(22)25/h1-5,8-11H,6-7,12-15H2. The SMILES string of the molecule is O=C(CCCOc1ccccc1)OCCCN1C(=O)c2ccccc2C1=O. The predicted molar refractivity (Wildman–Crippen MR) is 98.6 cm³/mol. The Bertz CT molecular complexity index is 783. The molecule has 0 radical (unpaired) electrons. The zero-order valence-electron chi connectivity index (χ0n) is 14.9. The number of carbonyl (C=O) groups is 3. The van der Waals surface area contributed by atoms with Crippen LogP contribution in [0.4, 0.5) is 0 Å². The molecule has 0 unspecified atom stereocenters. The first-order valence-corrected chi connectivity index (χ1v) is 8.95. The number of carbonyl (C=O) groups excluding carboxylic acids is 3. The molecule has 0 bridgehead atoms. The van der Waals surface area contributed by atoms with E-state index in [4.69, 9.17) is 9.47 Å². The second-order valence-corrected chi connectivity index (χ2v) is 6.15. The minimum Gasteiger partial charge on any atom is -0.494 e. The van der Waals surface area contributed by atoms with Crippen LogP contribution < -0.4 is 4.74 Å². The lowest BCUT2D eigenvalue weighted by atomic mass is 10.1. The summed E-state index contributed by atoms with van der Waals surface area (Å²) < 4.78 is 10.7. The molecule has 0 aromatic heterocycles. The van der Waals surface area contributed by atoms with Gasteiger partial charge >= 0.3 is 5.97 Å². The molecule has 6 heteroatoms. The van der Waals surface area contributed by atoms with Crippen LogP contribution in [0.1, 0.15) is 40.0 Å². The Labute approximate surface area is 157 Å². The van der Waals surface area contributed by atoms with Gasteiger partial charge in [0.15, 0.2) is 0 Å². The van der Waals surface area contributed by atoms with Crippen molar-refractivity contribution in [2.75, 3.05) is 19.8 Å². The Morgan fingerprint density at radius 2 is 1.44 bits per heavy atom. The average Bonchev–Trinajstić information content (AvgIpc) is 2.94. The highest BCUT2D eigenvalue weighted by atomic mass is 16.5. The van der Waals surface area contributed by atoms with E-state index in [0.717, 1.165) is 5.75 Å². The van der Waals surface area contributed by atoms with E-state index in [9.17, 15) is 14.4 Å². The first-order chi connectivity index (χ1) is 13.2. The minimum absolute atomic E-state index is 0.172. The van der Waals surface area contributed by atoms with E-state index in [-0.39, 0.29) is 37.4 Å². The highest BCUT2D eigenvalue weighted by molar-refractivity contribution is 6.21. The zero-order valence-corrected chi connectivity index (χ0v) is 14.9. The van der Waals surface area contributed by atoms with E-state index in [1.54, 1.807) is 24.3 Å². The van der Waals surface area contributed by atoms with E-state index in [0.29, 0.717) is 30.6 Å². The van der Waals surface area contributed by atoms with Crippen LogP contribution in [-0.2, 0) is 9.53 Å². The topological polar surface area (TPSA) is 72.9 Å². The van der Waals surface area contributed by atoms with Crippen molar-refractivity contribution in [1.82, 2.24) is 4.90 Å². The van der Waals surface area contributed by atoms with Crippen LogP contribution in [0.25, 0.3) is 0 Å². The van der Waals surface area contributed by atoms with E-state index in [1.807, 2.05) is 30.3 Å². The Morgan fingerprint density at radius 3 is 2.11 bits per heavy atom. The van der Waals surface area contributed by atoms with Crippen LogP contribution in [0.3, 0.4) is 0 Å². The fourth-order valence-electron chi connectivity index (χ4n) is 2.85. The molecular weight excluding hydrogens is 346 g/mol. The number of para-hydroxylation sites is 1. The number of imide groups is 1. The fourth-order valence-corrected chi connectivity index (χ4v) is 2.85.